The van der Waals surface area contributed by atoms with Crippen molar-refractivity contribution in [3.05, 3.63) is 35.0 Å². The minimum absolute atomic E-state index is 0.0273. The van der Waals surface area contributed by atoms with Gasteiger partial charge in [0.1, 0.15) is 5.70 Å². The zero-order chi connectivity index (χ0) is 14.4. The largest absolute Gasteiger partial charge is 0.870 e. The van der Waals surface area contributed by atoms with Crippen molar-refractivity contribution in [3.63, 3.8) is 0 Å². The van der Waals surface area contributed by atoms with Gasteiger partial charge in [-0.1, -0.05) is 24.8 Å². The van der Waals surface area contributed by atoms with Gasteiger partial charge in [-0.15, -0.1) is 0 Å². The summed E-state index contributed by atoms with van der Waals surface area (Å²) in [5.74, 6) is -2.31. The lowest BCUT2D eigenvalue weighted by molar-refractivity contribution is -0.246. The average molecular weight is 282 g/mol. The van der Waals surface area contributed by atoms with Crippen LogP contribution < -0.4 is 5.11 Å². The summed E-state index contributed by atoms with van der Waals surface area (Å²) in [6, 6.07) is 4.48. The molecule has 1 aromatic carbocycles. The highest BCUT2D eigenvalue weighted by atomic mass is 32.2. The van der Waals surface area contributed by atoms with E-state index in [1.165, 1.54) is 6.07 Å². The van der Waals surface area contributed by atoms with Crippen LogP contribution in [0.1, 0.15) is 18.1 Å². The minimum Gasteiger partial charge on any atom is -0.870 e. The molecule has 1 heterocycles. The standard InChI is InChI=1S/C12H13NO5S/c1-3-7-5-4-6-8-9(7)11(14)10(12(15)16)13(2)19(8,17)18/h4-6,14H,3H2,1-2H3,(H,15,16)/p-1. The average Bonchev–Trinajstić information content (AvgIpc) is 2.35. The lowest BCUT2D eigenvalue weighted by Gasteiger charge is -2.33. The zero-order valence-electron chi connectivity index (χ0n) is 10.4. The molecule has 0 atom stereocenters. The Morgan fingerprint density at radius 3 is 2.58 bits per heavy atom. The van der Waals surface area contributed by atoms with Gasteiger partial charge >= 0.3 is 5.97 Å². The summed E-state index contributed by atoms with van der Waals surface area (Å²) in [5.41, 5.74) is -0.244. The summed E-state index contributed by atoms with van der Waals surface area (Å²) in [6.45, 7) is 1.77. The molecule has 0 aliphatic carbocycles. The minimum atomic E-state index is -3.99. The third kappa shape index (κ3) is 1.77. The van der Waals surface area contributed by atoms with E-state index in [2.05, 4.69) is 0 Å². The second-order valence-electron chi connectivity index (χ2n) is 4.10. The molecule has 1 N–H and O–H groups in total. The molecule has 0 bridgehead atoms. The Morgan fingerprint density at radius 1 is 1.42 bits per heavy atom. The van der Waals surface area contributed by atoms with Gasteiger partial charge in [-0.25, -0.2) is 13.2 Å². The summed E-state index contributed by atoms with van der Waals surface area (Å²) in [4.78, 5) is 11.0. The highest BCUT2D eigenvalue weighted by Crippen LogP contribution is 2.35. The first-order valence-electron chi connectivity index (χ1n) is 5.58. The number of rotatable bonds is 2. The highest BCUT2D eigenvalue weighted by molar-refractivity contribution is 7.89. The number of hydrogen-bond acceptors (Lipinski definition) is 4. The molecular formula is C12H12NO5S-. The van der Waals surface area contributed by atoms with Crippen molar-refractivity contribution in [3.8, 4) is 0 Å². The predicted octanol–water partition coefficient (Wildman–Crippen LogP) is -0.00340. The number of aryl methyl sites for hydroxylation is 1. The highest BCUT2D eigenvalue weighted by Gasteiger charge is 2.35. The first-order valence-corrected chi connectivity index (χ1v) is 7.02. The summed E-state index contributed by atoms with van der Waals surface area (Å²) in [7, 11) is -2.92. The molecule has 0 radical (unpaired) electrons. The van der Waals surface area contributed by atoms with Crippen LogP contribution in [0.15, 0.2) is 28.8 Å². The molecule has 0 spiro atoms. The number of fused-ring (bicyclic) bond motifs is 1. The zero-order valence-corrected chi connectivity index (χ0v) is 11.2. The maximum Gasteiger partial charge on any atom is 0.352 e. The first kappa shape index (κ1) is 13.4. The van der Waals surface area contributed by atoms with Gasteiger partial charge in [-0.3, -0.25) is 4.31 Å². The lowest BCUT2D eigenvalue weighted by atomic mass is 10.0. The second kappa shape index (κ2) is 4.27. The third-order valence-electron chi connectivity index (χ3n) is 3.09. The molecule has 102 valence electrons. The van der Waals surface area contributed by atoms with Gasteiger partial charge in [0.2, 0.25) is 0 Å². The van der Waals surface area contributed by atoms with Gasteiger partial charge < -0.3 is 10.2 Å². The fourth-order valence-electron chi connectivity index (χ4n) is 2.10. The molecular weight excluding hydrogens is 270 g/mol. The van der Waals surface area contributed by atoms with Crippen molar-refractivity contribution in [2.75, 3.05) is 7.05 Å². The van der Waals surface area contributed by atoms with Crippen molar-refractivity contribution >= 4 is 21.8 Å². The van der Waals surface area contributed by atoms with Crippen LogP contribution in [0.25, 0.3) is 5.76 Å². The Morgan fingerprint density at radius 2 is 2.05 bits per heavy atom. The number of carbonyl (C=O) groups is 1. The molecule has 7 heteroatoms. The van der Waals surface area contributed by atoms with Gasteiger partial charge in [0.25, 0.3) is 10.0 Å². The van der Waals surface area contributed by atoms with Gasteiger partial charge in [0.15, 0.2) is 0 Å². The Hall–Kier alpha value is -2.02. The number of likely N-dealkylation sites (N-methyl/N-ethyl adjacent to an activating group) is 1. The quantitative estimate of drug-likeness (QED) is 0.823. The van der Waals surface area contributed by atoms with Gasteiger partial charge in [0.05, 0.1) is 4.90 Å². The molecule has 1 aromatic rings. The van der Waals surface area contributed by atoms with Crippen LogP contribution in [0, 0.1) is 0 Å². The van der Waals surface area contributed by atoms with Crippen LogP contribution in [0.5, 0.6) is 0 Å². The van der Waals surface area contributed by atoms with E-state index < -0.39 is 27.4 Å². The van der Waals surface area contributed by atoms with E-state index >= 15 is 0 Å². The molecule has 0 saturated heterocycles. The third-order valence-corrected chi connectivity index (χ3v) is 4.89. The number of benzene rings is 1. The molecule has 0 saturated carbocycles. The number of hydrogen-bond donors (Lipinski definition) is 1. The number of sulfonamides is 1. The first-order chi connectivity index (χ1) is 8.82. The number of carboxylic acid groups (broad SMARTS) is 1. The number of aliphatic carboxylic acids is 1. The Kier molecular flexibility index (Phi) is 3.01. The van der Waals surface area contributed by atoms with Gasteiger partial charge in [0, 0.05) is 7.05 Å². The number of carboxylic acids is 1. The molecule has 0 fully saturated rings. The van der Waals surface area contributed by atoms with E-state index in [0.717, 1.165) is 7.05 Å². The van der Waals surface area contributed by atoms with E-state index in [-0.39, 0.29) is 10.5 Å². The van der Waals surface area contributed by atoms with E-state index in [9.17, 15) is 18.3 Å². The smallest absolute Gasteiger partial charge is 0.352 e. The fraction of sp³-hybridized carbons (Fsp3) is 0.250. The second-order valence-corrected chi connectivity index (χ2v) is 6.04. The van der Waals surface area contributed by atoms with Crippen LogP contribution in [0.2, 0.25) is 0 Å². The molecule has 0 amide bonds. The molecule has 1 aliphatic heterocycles. The lowest BCUT2D eigenvalue weighted by Crippen LogP contribution is -2.37. The normalized spacial score (nSPS) is 17.3. The molecule has 0 unspecified atom stereocenters. The van der Waals surface area contributed by atoms with Crippen molar-refractivity contribution in [1.29, 1.82) is 0 Å². The van der Waals surface area contributed by atoms with Gasteiger partial charge in [-0.05, 0) is 23.6 Å². The Labute approximate surface area is 110 Å². The van der Waals surface area contributed by atoms with Crippen LogP contribution >= 0.6 is 0 Å². The summed E-state index contributed by atoms with van der Waals surface area (Å²) < 4.78 is 25.0. The number of nitrogens with zero attached hydrogens (tertiary/aromatic N) is 1. The molecule has 0 aromatic heterocycles. The van der Waals surface area contributed by atoms with E-state index in [1.807, 2.05) is 0 Å². The monoisotopic (exact) mass is 282 g/mol. The van der Waals surface area contributed by atoms with Crippen molar-refractivity contribution < 1.29 is 23.4 Å². The maximum atomic E-state index is 12.2. The fourth-order valence-corrected chi connectivity index (χ4v) is 3.53. The van der Waals surface area contributed by atoms with Crippen LogP contribution in [0.3, 0.4) is 0 Å². The Balaban J connectivity index is 2.93. The van der Waals surface area contributed by atoms with Crippen LogP contribution in [-0.2, 0) is 21.2 Å². The molecule has 1 aliphatic rings. The molecule has 2 rings (SSSR count). The Bertz CT molecular complexity index is 690. The molecule has 6 nitrogen and oxygen atoms in total. The predicted molar refractivity (Wildman–Crippen MR) is 65.3 cm³/mol. The van der Waals surface area contributed by atoms with Crippen LogP contribution in [-0.4, -0.2) is 30.8 Å². The maximum absolute atomic E-state index is 12.2. The van der Waals surface area contributed by atoms with E-state index in [0.29, 0.717) is 16.3 Å². The summed E-state index contributed by atoms with van der Waals surface area (Å²) >= 11 is 0. The van der Waals surface area contributed by atoms with E-state index in [1.54, 1.807) is 19.1 Å². The van der Waals surface area contributed by atoms with Gasteiger partial charge in [-0.2, -0.15) is 0 Å². The summed E-state index contributed by atoms with van der Waals surface area (Å²) in [6.07, 6.45) is 0.445. The van der Waals surface area contributed by atoms with E-state index in [4.69, 9.17) is 5.11 Å². The SMILES string of the molecule is CCc1cccc2c1C([O-])=C(C(=O)O)N(C)S2(=O)=O. The van der Waals surface area contributed by atoms with Crippen molar-refractivity contribution in [2.45, 2.75) is 18.2 Å². The molecule has 19 heavy (non-hydrogen) atoms. The summed E-state index contributed by atoms with van der Waals surface area (Å²) in [5, 5.41) is 21.2. The van der Waals surface area contributed by atoms with Crippen molar-refractivity contribution in [1.82, 2.24) is 4.31 Å². The van der Waals surface area contributed by atoms with Crippen LogP contribution in [0.4, 0.5) is 0 Å². The topological polar surface area (TPSA) is 97.7 Å². The van der Waals surface area contributed by atoms with Crippen molar-refractivity contribution in [2.24, 2.45) is 0 Å².